The summed E-state index contributed by atoms with van der Waals surface area (Å²) in [4.78, 5) is 4.78. The van der Waals surface area contributed by atoms with E-state index in [9.17, 15) is 0 Å². The zero-order chi connectivity index (χ0) is 15.7. The topological polar surface area (TPSA) is 38.9 Å². The third-order valence-electron chi connectivity index (χ3n) is 3.90. The molecule has 22 heavy (non-hydrogen) atoms. The number of benzene rings is 2. The van der Waals surface area contributed by atoms with Gasteiger partial charge in [0.05, 0.1) is 10.7 Å². The van der Waals surface area contributed by atoms with Crippen LogP contribution >= 0.6 is 11.3 Å². The molecule has 0 aliphatic carbocycles. The first-order valence-electron chi connectivity index (χ1n) is 7.40. The van der Waals surface area contributed by atoms with E-state index in [1.54, 1.807) is 11.3 Å². The normalized spacial score (nSPS) is 10.9. The summed E-state index contributed by atoms with van der Waals surface area (Å²) in [5.41, 5.74) is 14.1. The van der Waals surface area contributed by atoms with Crippen molar-refractivity contribution in [1.82, 2.24) is 4.98 Å². The van der Waals surface area contributed by atoms with E-state index in [1.165, 1.54) is 22.3 Å². The maximum Gasteiger partial charge on any atom is 0.0976 e. The van der Waals surface area contributed by atoms with E-state index >= 15 is 0 Å². The standard InChI is InChI=1S/C19H20N2S/c1-12-7-13(2)17(14(3)8-12)10-19-21-18(11-22-19)15-5-4-6-16(20)9-15/h4-9,11H,10,20H2,1-3H3. The average Bonchev–Trinajstić information content (AvgIpc) is 2.91. The minimum absolute atomic E-state index is 0.775. The zero-order valence-electron chi connectivity index (χ0n) is 13.2. The minimum Gasteiger partial charge on any atom is -0.399 e. The van der Waals surface area contributed by atoms with Gasteiger partial charge in [0, 0.05) is 23.1 Å². The van der Waals surface area contributed by atoms with Crippen LogP contribution in [0.5, 0.6) is 0 Å². The Morgan fingerprint density at radius 2 is 1.77 bits per heavy atom. The highest BCUT2D eigenvalue weighted by molar-refractivity contribution is 7.10. The van der Waals surface area contributed by atoms with E-state index in [0.29, 0.717) is 0 Å². The Bertz CT molecular complexity index is 795. The molecular formula is C19H20N2S. The lowest BCUT2D eigenvalue weighted by atomic mass is 9.98. The van der Waals surface area contributed by atoms with Crippen LogP contribution in [0.3, 0.4) is 0 Å². The Balaban J connectivity index is 1.89. The highest BCUT2D eigenvalue weighted by Gasteiger charge is 2.09. The van der Waals surface area contributed by atoms with Crippen molar-refractivity contribution in [3.05, 3.63) is 69.0 Å². The molecule has 0 radical (unpaired) electrons. The Kier molecular flexibility index (Phi) is 3.99. The molecule has 0 unspecified atom stereocenters. The number of aromatic nitrogens is 1. The highest BCUT2D eigenvalue weighted by Crippen LogP contribution is 2.26. The molecule has 0 fully saturated rings. The largest absolute Gasteiger partial charge is 0.399 e. The SMILES string of the molecule is Cc1cc(C)c(Cc2nc(-c3cccc(N)c3)cs2)c(C)c1. The minimum atomic E-state index is 0.775. The van der Waals surface area contributed by atoms with E-state index in [1.807, 2.05) is 18.2 Å². The smallest absolute Gasteiger partial charge is 0.0976 e. The van der Waals surface area contributed by atoms with Gasteiger partial charge in [-0.25, -0.2) is 4.98 Å². The fourth-order valence-corrected chi connectivity index (χ4v) is 3.68. The molecule has 0 aliphatic rings. The number of anilines is 1. The molecule has 3 rings (SSSR count). The first kappa shape index (κ1) is 14.8. The molecule has 2 nitrogen and oxygen atoms in total. The zero-order valence-corrected chi connectivity index (χ0v) is 14.0. The molecule has 2 N–H and O–H groups in total. The van der Waals surface area contributed by atoms with Crippen LogP contribution in [-0.2, 0) is 6.42 Å². The van der Waals surface area contributed by atoms with Crippen molar-refractivity contribution < 1.29 is 0 Å². The van der Waals surface area contributed by atoms with Crippen LogP contribution in [0.4, 0.5) is 5.69 Å². The highest BCUT2D eigenvalue weighted by atomic mass is 32.1. The Hall–Kier alpha value is -2.13. The van der Waals surface area contributed by atoms with Gasteiger partial charge >= 0.3 is 0 Å². The number of nitrogens with zero attached hydrogens (tertiary/aromatic N) is 1. The first-order chi connectivity index (χ1) is 10.5. The Morgan fingerprint density at radius 3 is 2.45 bits per heavy atom. The summed E-state index contributed by atoms with van der Waals surface area (Å²) >= 11 is 1.71. The predicted molar refractivity (Wildman–Crippen MR) is 95.4 cm³/mol. The molecule has 0 spiro atoms. The molecule has 0 bridgehead atoms. The van der Waals surface area contributed by atoms with Crippen molar-refractivity contribution in [2.75, 3.05) is 5.73 Å². The number of hydrogen-bond acceptors (Lipinski definition) is 3. The van der Waals surface area contributed by atoms with E-state index in [-0.39, 0.29) is 0 Å². The lowest BCUT2D eigenvalue weighted by Gasteiger charge is -2.09. The summed E-state index contributed by atoms with van der Waals surface area (Å²) in [6.07, 6.45) is 0.894. The van der Waals surface area contributed by atoms with Gasteiger partial charge in [-0.1, -0.05) is 29.8 Å². The van der Waals surface area contributed by atoms with Crippen LogP contribution in [0, 0.1) is 20.8 Å². The monoisotopic (exact) mass is 308 g/mol. The molecule has 112 valence electrons. The van der Waals surface area contributed by atoms with Crippen molar-refractivity contribution in [2.24, 2.45) is 0 Å². The van der Waals surface area contributed by atoms with Gasteiger partial charge < -0.3 is 5.73 Å². The van der Waals surface area contributed by atoms with Gasteiger partial charge in [0.2, 0.25) is 0 Å². The predicted octanol–water partition coefficient (Wildman–Crippen LogP) is 4.91. The maximum absolute atomic E-state index is 5.86. The summed E-state index contributed by atoms with van der Waals surface area (Å²) < 4.78 is 0. The van der Waals surface area contributed by atoms with Crippen LogP contribution in [0.15, 0.2) is 41.8 Å². The van der Waals surface area contributed by atoms with Gasteiger partial charge in [-0.3, -0.25) is 0 Å². The second kappa shape index (κ2) is 5.93. The summed E-state index contributed by atoms with van der Waals surface area (Å²) in [6, 6.07) is 12.4. The molecule has 0 saturated heterocycles. The molecule has 0 aliphatic heterocycles. The molecule has 0 amide bonds. The quantitative estimate of drug-likeness (QED) is 0.698. The number of nitrogen functional groups attached to an aromatic ring is 1. The molecule has 2 aromatic carbocycles. The molecular weight excluding hydrogens is 288 g/mol. The number of hydrogen-bond donors (Lipinski definition) is 1. The fourth-order valence-electron chi connectivity index (χ4n) is 2.86. The van der Waals surface area contributed by atoms with Crippen LogP contribution in [-0.4, -0.2) is 4.98 Å². The number of rotatable bonds is 3. The molecule has 3 aromatic rings. The number of thiazole rings is 1. The summed E-state index contributed by atoms with van der Waals surface area (Å²) in [5.74, 6) is 0. The molecule has 1 aromatic heterocycles. The summed E-state index contributed by atoms with van der Waals surface area (Å²) in [5, 5.41) is 3.26. The number of nitrogens with two attached hydrogens (primary N) is 1. The molecule has 1 heterocycles. The second-order valence-electron chi connectivity index (χ2n) is 5.81. The lowest BCUT2D eigenvalue weighted by Crippen LogP contribution is -1.96. The van der Waals surface area contributed by atoms with E-state index in [0.717, 1.165) is 28.4 Å². The maximum atomic E-state index is 5.86. The molecule has 0 atom stereocenters. The van der Waals surface area contributed by atoms with Crippen LogP contribution < -0.4 is 5.73 Å². The lowest BCUT2D eigenvalue weighted by molar-refractivity contribution is 1.08. The van der Waals surface area contributed by atoms with Crippen LogP contribution in [0.2, 0.25) is 0 Å². The van der Waals surface area contributed by atoms with Gasteiger partial charge in [-0.05, 0) is 49.6 Å². The van der Waals surface area contributed by atoms with Crippen molar-refractivity contribution in [3.63, 3.8) is 0 Å². The van der Waals surface area contributed by atoms with E-state index in [4.69, 9.17) is 10.7 Å². The van der Waals surface area contributed by atoms with E-state index in [2.05, 4.69) is 44.4 Å². The van der Waals surface area contributed by atoms with E-state index < -0.39 is 0 Å². The fraction of sp³-hybridized carbons (Fsp3) is 0.211. The third-order valence-corrected chi connectivity index (χ3v) is 4.75. The summed E-state index contributed by atoms with van der Waals surface area (Å²) in [7, 11) is 0. The van der Waals surface area contributed by atoms with Crippen molar-refractivity contribution >= 4 is 17.0 Å². The first-order valence-corrected chi connectivity index (χ1v) is 8.28. The van der Waals surface area contributed by atoms with Gasteiger partial charge in [-0.15, -0.1) is 11.3 Å². The van der Waals surface area contributed by atoms with Gasteiger partial charge in [0.25, 0.3) is 0 Å². The third kappa shape index (κ3) is 3.04. The van der Waals surface area contributed by atoms with Crippen LogP contribution in [0.1, 0.15) is 27.3 Å². The summed E-state index contributed by atoms with van der Waals surface area (Å²) in [6.45, 7) is 6.51. The average molecular weight is 308 g/mol. The van der Waals surface area contributed by atoms with Crippen molar-refractivity contribution in [1.29, 1.82) is 0 Å². The molecule has 3 heteroatoms. The Labute approximate surface area is 135 Å². The van der Waals surface area contributed by atoms with Crippen molar-refractivity contribution in [3.8, 4) is 11.3 Å². The van der Waals surface area contributed by atoms with Crippen LogP contribution in [0.25, 0.3) is 11.3 Å². The molecule has 0 saturated carbocycles. The van der Waals surface area contributed by atoms with Gasteiger partial charge in [-0.2, -0.15) is 0 Å². The van der Waals surface area contributed by atoms with Gasteiger partial charge in [0.1, 0.15) is 0 Å². The Morgan fingerprint density at radius 1 is 1.05 bits per heavy atom. The van der Waals surface area contributed by atoms with Gasteiger partial charge in [0.15, 0.2) is 0 Å². The second-order valence-corrected chi connectivity index (χ2v) is 6.75. The number of aryl methyl sites for hydroxylation is 3. The van der Waals surface area contributed by atoms with Crippen molar-refractivity contribution in [2.45, 2.75) is 27.2 Å².